The number of benzene rings is 2. The van der Waals surface area contributed by atoms with Gasteiger partial charge in [0.05, 0.1) is 11.1 Å². The zero-order valence-corrected chi connectivity index (χ0v) is 22.1. The Balaban J connectivity index is 1.67. The fraction of sp³-hybridized carbons (Fsp3) is 0.310. The number of hydrogen-bond acceptors (Lipinski definition) is 5. The van der Waals surface area contributed by atoms with Gasteiger partial charge in [0.25, 0.3) is 0 Å². The fourth-order valence-electron chi connectivity index (χ4n) is 5.03. The average molecular weight is 485 g/mol. The topological polar surface area (TPSA) is 38.9 Å². The molecule has 0 amide bonds. The van der Waals surface area contributed by atoms with Crippen LogP contribution in [0.3, 0.4) is 0 Å². The summed E-state index contributed by atoms with van der Waals surface area (Å²) in [6.07, 6.45) is 2.71. The molecule has 0 saturated carbocycles. The standard InChI is InChI=1S/C29H28N2OS2/c1-15(2)9-19-16(3)34-24-13-23-21(12-20(19)24)25-26(30-14-31-28(25)32-23)18-10-17-7-8-33-27(17)22(11-18)29(4,5)6/h7-8,10-15H,9H2,1-6H3. The van der Waals surface area contributed by atoms with Crippen molar-refractivity contribution < 1.29 is 4.42 Å². The Labute approximate surface area is 207 Å². The molecule has 0 unspecified atom stereocenters. The second-order valence-corrected chi connectivity index (χ2v) is 12.9. The van der Waals surface area contributed by atoms with Crippen LogP contribution in [-0.4, -0.2) is 9.97 Å². The lowest BCUT2D eigenvalue weighted by Gasteiger charge is -2.21. The molecule has 0 aliphatic rings. The van der Waals surface area contributed by atoms with Gasteiger partial charge in [0.1, 0.15) is 11.9 Å². The van der Waals surface area contributed by atoms with Crippen molar-refractivity contribution >= 4 is 64.9 Å². The third-order valence-corrected chi connectivity index (χ3v) is 8.70. The monoisotopic (exact) mass is 484 g/mol. The van der Waals surface area contributed by atoms with Crippen molar-refractivity contribution in [1.29, 1.82) is 0 Å². The molecule has 2 aromatic carbocycles. The van der Waals surface area contributed by atoms with Gasteiger partial charge < -0.3 is 4.42 Å². The summed E-state index contributed by atoms with van der Waals surface area (Å²) in [4.78, 5) is 10.7. The van der Waals surface area contributed by atoms with Crippen molar-refractivity contribution in [3.8, 4) is 11.3 Å². The molecule has 0 radical (unpaired) electrons. The first-order valence-corrected chi connectivity index (χ1v) is 13.5. The second-order valence-electron chi connectivity index (χ2n) is 10.7. The van der Waals surface area contributed by atoms with Gasteiger partial charge in [-0.2, -0.15) is 0 Å². The summed E-state index contributed by atoms with van der Waals surface area (Å²) in [5, 5.41) is 6.89. The quantitative estimate of drug-likeness (QED) is 0.251. The Morgan fingerprint density at radius 2 is 1.85 bits per heavy atom. The maximum atomic E-state index is 6.28. The van der Waals surface area contributed by atoms with E-state index in [1.165, 1.54) is 36.2 Å². The van der Waals surface area contributed by atoms with E-state index in [-0.39, 0.29) is 5.41 Å². The normalized spacial score (nSPS) is 12.8. The smallest absolute Gasteiger partial charge is 0.230 e. The number of furan rings is 1. The van der Waals surface area contributed by atoms with Crippen molar-refractivity contribution in [1.82, 2.24) is 9.97 Å². The number of nitrogens with zero attached hydrogens (tertiary/aromatic N) is 2. The maximum Gasteiger partial charge on any atom is 0.230 e. The van der Waals surface area contributed by atoms with Gasteiger partial charge in [-0.05, 0) is 82.3 Å². The molecule has 0 saturated heterocycles. The highest BCUT2D eigenvalue weighted by atomic mass is 32.1. The molecule has 5 heteroatoms. The van der Waals surface area contributed by atoms with Crippen LogP contribution in [0.5, 0.6) is 0 Å². The predicted octanol–water partition coefficient (Wildman–Crippen LogP) is 9.28. The molecule has 4 heterocycles. The molecule has 0 aliphatic carbocycles. The molecule has 4 aromatic heterocycles. The Kier molecular flexibility index (Phi) is 4.88. The molecule has 0 spiro atoms. The van der Waals surface area contributed by atoms with Crippen molar-refractivity contribution in [2.75, 3.05) is 0 Å². The van der Waals surface area contributed by atoms with Gasteiger partial charge in [-0.1, -0.05) is 34.6 Å². The molecule has 0 fully saturated rings. The van der Waals surface area contributed by atoms with Crippen molar-refractivity contribution in [3.63, 3.8) is 0 Å². The predicted molar refractivity (Wildman–Crippen MR) is 147 cm³/mol. The van der Waals surface area contributed by atoms with E-state index >= 15 is 0 Å². The van der Waals surface area contributed by atoms with Gasteiger partial charge in [-0.3, -0.25) is 0 Å². The Bertz CT molecular complexity index is 1710. The Hall–Kier alpha value is -2.76. The number of aryl methyl sites for hydroxylation is 1. The SMILES string of the molecule is Cc1sc2cc3oc4ncnc(-c5cc(C(C)(C)C)c6sccc6c5)c4c3cc2c1CC(C)C. The van der Waals surface area contributed by atoms with Gasteiger partial charge in [0.15, 0.2) is 0 Å². The molecule has 34 heavy (non-hydrogen) atoms. The number of rotatable bonds is 3. The van der Waals surface area contributed by atoms with Crippen molar-refractivity contribution in [3.05, 3.63) is 58.0 Å². The van der Waals surface area contributed by atoms with Crippen LogP contribution in [-0.2, 0) is 11.8 Å². The van der Waals surface area contributed by atoms with Crippen LogP contribution in [0.2, 0.25) is 0 Å². The van der Waals surface area contributed by atoms with Crippen molar-refractivity contribution in [2.45, 2.75) is 53.4 Å². The van der Waals surface area contributed by atoms with E-state index in [1.54, 1.807) is 6.33 Å². The number of fused-ring (bicyclic) bond motifs is 5. The average Bonchev–Trinajstić information content (AvgIpc) is 3.46. The largest absolute Gasteiger partial charge is 0.438 e. The Morgan fingerprint density at radius 3 is 2.62 bits per heavy atom. The van der Waals surface area contributed by atoms with Crippen LogP contribution in [0.1, 0.15) is 50.6 Å². The number of aromatic nitrogens is 2. The van der Waals surface area contributed by atoms with Crippen LogP contribution in [0, 0.1) is 12.8 Å². The summed E-state index contributed by atoms with van der Waals surface area (Å²) in [7, 11) is 0. The first-order valence-electron chi connectivity index (χ1n) is 11.8. The second kappa shape index (κ2) is 7.62. The summed E-state index contributed by atoms with van der Waals surface area (Å²) in [6, 6.07) is 11.3. The summed E-state index contributed by atoms with van der Waals surface area (Å²) in [5.41, 5.74) is 6.45. The van der Waals surface area contributed by atoms with Crippen LogP contribution in [0.25, 0.3) is 53.5 Å². The molecule has 172 valence electrons. The van der Waals surface area contributed by atoms with Crippen LogP contribution in [0.4, 0.5) is 0 Å². The first-order chi connectivity index (χ1) is 16.2. The lowest BCUT2D eigenvalue weighted by molar-refractivity contribution is 0.597. The molecule has 6 aromatic rings. The fourth-order valence-corrected chi connectivity index (χ4v) is 7.24. The van der Waals surface area contributed by atoms with E-state index in [0.717, 1.165) is 34.0 Å². The molecular formula is C29H28N2OS2. The van der Waals surface area contributed by atoms with Gasteiger partial charge in [0, 0.05) is 25.2 Å². The van der Waals surface area contributed by atoms with Crippen LogP contribution < -0.4 is 0 Å². The number of hydrogen-bond donors (Lipinski definition) is 0. The van der Waals surface area contributed by atoms with Gasteiger partial charge in [-0.15, -0.1) is 22.7 Å². The van der Waals surface area contributed by atoms with E-state index in [4.69, 9.17) is 9.40 Å². The minimum atomic E-state index is 0.0375. The van der Waals surface area contributed by atoms with Crippen LogP contribution in [0.15, 0.2) is 46.5 Å². The first kappa shape index (κ1) is 21.8. The molecular weight excluding hydrogens is 456 g/mol. The highest BCUT2D eigenvalue weighted by Gasteiger charge is 2.22. The van der Waals surface area contributed by atoms with E-state index in [0.29, 0.717) is 11.6 Å². The lowest BCUT2D eigenvalue weighted by Crippen LogP contribution is -2.11. The zero-order valence-electron chi connectivity index (χ0n) is 20.4. The third-order valence-electron chi connectivity index (χ3n) is 6.63. The molecule has 0 N–H and O–H groups in total. The summed E-state index contributed by atoms with van der Waals surface area (Å²) >= 11 is 3.67. The third kappa shape index (κ3) is 3.37. The zero-order chi connectivity index (χ0) is 23.8. The number of thiophene rings is 2. The minimum Gasteiger partial charge on any atom is -0.438 e. The van der Waals surface area contributed by atoms with Gasteiger partial charge in [-0.25, -0.2) is 9.97 Å². The maximum absolute atomic E-state index is 6.28. The highest BCUT2D eigenvalue weighted by molar-refractivity contribution is 7.19. The summed E-state index contributed by atoms with van der Waals surface area (Å²) in [6.45, 7) is 13.6. The van der Waals surface area contributed by atoms with E-state index in [2.05, 4.69) is 82.2 Å². The summed E-state index contributed by atoms with van der Waals surface area (Å²) < 4.78 is 8.92. The molecule has 0 bridgehead atoms. The van der Waals surface area contributed by atoms with Gasteiger partial charge >= 0.3 is 0 Å². The summed E-state index contributed by atoms with van der Waals surface area (Å²) in [5.74, 6) is 0.611. The molecule has 0 aliphatic heterocycles. The van der Waals surface area contributed by atoms with Crippen molar-refractivity contribution in [2.24, 2.45) is 5.92 Å². The lowest BCUT2D eigenvalue weighted by atomic mass is 9.85. The van der Waals surface area contributed by atoms with E-state index in [9.17, 15) is 0 Å². The molecule has 0 atom stereocenters. The Morgan fingerprint density at radius 1 is 1.03 bits per heavy atom. The minimum absolute atomic E-state index is 0.0375. The van der Waals surface area contributed by atoms with E-state index < -0.39 is 0 Å². The molecule has 6 rings (SSSR count). The molecule has 3 nitrogen and oxygen atoms in total. The van der Waals surface area contributed by atoms with Crippen LogP contribution >= 0.6 is 22.7 Å². The van der Waals surface area contributed by atoms with E-state index in [1.807, 2.05) is 22.7 Å². The van der Waals surface area contributed by atoms with Gasteiger partial charge in [0.2, 0.25) is 5.71 Å². The highest BCUT2D eigenvalue weighted by Crippen LogP contribution is 2.42.